The molecular weight excluding hydrogens is 328 g/mol. The number of piperidine rings is 1. The minimum atomic E-state index is -0.430. The van der Waals surface area contributed by atoms with E-state index in [9.17, 15) is 9.90 Å². The standard InChI is InChI=1S/C18H28N2O3.ClH/c1-18(2,3)23-12-15(21)11-19-8-13-7-14(10-19)16-5-4-6-17(22)20(16)9-13;/h4-6,13-15,21H,7-12H2,1-3H3;1H. The van der Waals surface area contributed by atoms with Gasteiger partial charge in [0.15, 0.2) is 0 Å². The maximum Gasteiger partial charge on any atom is 0.250 e. The zero-order valence-corrected chi connectivity index (χ0v) is 15.6. The molecule has 2 bridgehead atoms. The Kier molecular flexibility index (Phi) is 6.13. The van der Waals surface area contributed by atoms with Crippen molar-refractivity contribution in [2.24, 2.45) is 5.92 Å². The van der Waals surface area contributed by atoms with Crippen molar-refractivity contribution in [1.82, 2.24) is 4.57 Å². The molecule has 4 unspecified atom stereocenters. The number of aliphatic hydroxyl groups excluding tert-OH is 1. The van der Waals surface area contributed by atoms with Crippen LogP contribution in [0.5, 0.6) is 0 Å². The molecule has 0 radical (unpaired) electrons. The van der Waals surface area contributed by atoms with Crippen LogP contribution in [0.4, 0.5) is 0 Å². The van der Waals surface area contributed by atoms with Crippen molar-refractivity contribution in [2.75, 3.05) is 26.2 Å². The number of hydrogen-bond donors (Lipinski definition) is 2. The number of nitrogens with zero attached hydrogens (tertiary/aromatic N) is 1. The lowest BCUT2D eigenvalue weighted by Crippen LogP contribution is -3.15. The van der Waals surface area contributed by atoms with Gasteiger partial charge in [-0.1, -0.05) is 6.07 Å². The van der Waals surface area contributed by atoms with Gasteiger partial charge in [-0.15, -0.1) is 0 Å². The Balaban J connectivity index is 0.00000208. The zero-order valence-electron chi connectivity index (χ0n) is 14.8. The van der Waals surface area contributed by atoms with Gasteiger partial charge in [-0.2, -0.15) is 0 Å². The van der Waals surface area contributed by atoms with Crippen molar-refractivity contribution < 1.29 is 27.2 Å². The van der Waals surface area contributed by atoms with E-state index in [1.165, 1.54) is 17.0 Å². The summed E-state index contributed by atoms with van der Waals surface area (Å²) in [6, 6.07) is 5.61. The van der Waals surface area contributed by atoms with Crippen LogP contribution in [0.15, 0.2) is 23.0 Å². The third-order valence-corrected chi connectivity index (χ3v) is 4.91. The summed E-state index contributed by atoms with van der Waals surface area (Å²) in [4.78, 5) is 13.5. The average Bonchev–Trinajstić information content (AvgIpc) is 2.46. The van der Waals surface area contributed by atoms with Crippen LogP contribution in [-0.2, 0) is 11.3 Å². The Labute approximate surface area is 150 Å². The van der Waals surface area contributed by atoms with E-state index in [2.05, 4.69) is 6.07 Å². The van der Waals surface area contributed by atoms with Gasteiger partial charge in [0.2, 0.25) is 0 Å². The highest BCUT2D eigenvalue weighted by atomic mass is 35.5. The lowest BCUT2D eigenvalue weighted by molar-refractivity contribution is -0.914. The van der Waals surface area contributed by atoms with E-state index >= 15 is 0 Å². The quantitative estimate of drug-likeness (QED) is 0.606. The largest absolute Gasteiger partial charge is 1.00 e. The van der Waals surface area contributed by atoms with Gasteiger partial charge in [-0.05, 0) is 33.3 Å². The molecule has 1 aromatic heterocycles. The first-order chi connectivity index (χ1) is 10.8. The first kappa shape index (κ1) is 19.4. The Morgan fingerprint density at radius 2 is 2.12 bits per heavy atom. The van der Waals surface area contributed by atoms with E-state index in [0.717, 1.165) is 26.2 Å². The molecule has 5 nitrogen and oxygen atoms in total. The van der Waals surface area contributed by atoms with Crippen molar-refractivity contribution in [1.29, 1.82) is 0 Å². The number of rotatable bonds is 4. The number of pyridine rings is 1. The highest BCUT2D eigenvalue weighted by molar-refractivity contribution is 5.15. The zero-order chi connectivity index (χ0) is 16.6. The second kappa shape index (κ2) is 7.56. The number of aromatic nitrogens is 1. The number of halogens is 1. The highest BCUT2D eigenvalue weighted by Gasteiger charge is 2.37. The molecule has 4 atom stereocenters. The van der Waals surface area contributed by atoms with Gasteiger partial charge in [0.05, 0.1) is 25.3 Å². The third-order valence-electron chi connectivity index (χ3n) is 4.91. The summed E-state index contributed by atoms with van der Waals surface area (Å²) in [5.74, 6) is 0.967. The first-order valence-corrected chi connectivity index (χ1v) is 8.67. The number of likely N-dealkylation sites (tertiary alicyclic amines) is 1. The summed E-state index contributed by atoms with van der Waals surface area (Å²) in [6.45, 7) is 9.98. The van der Waals surface area contributed by atoms with E-state index in [4.69, 9.17) is 4.74 Å². The SMILES string of the molecule is CC(C)(C)OCC(O)C[NH+]1CC2CC(C1)c1cccc(=O)n1C2.[Cl-]. The summed E-state index contributed by atoms with van der Waals surface area (Å²) >= 11 is 0. The van der Waals surface area contributed by atoms with E-state index in [1.807, 2.05) is 31.4 Å². The molecule has 0 aliphatic carbocycles. The van der Waals surface area contributed by atoms with Crippen molar-refractivity contribution in [3.05, 3.63) is 34.2 Å². The number of quaternary nitrogens is 1. The fourth-order valence-corrected chi connectivity index (χ4v) is 4.02. The molecule has 136 valence electrons. The normalized spacial score (nSPS) is 27.1. The molecule has 2 aliphatic heterocycles. The predicted octanol–water partition coefficient (Wildman–Crippen LogP) is -2.97. The number of nitrogens with one attached hydrogen (secondary N) is 1. The van der Waals surface area contributed by atoms with Crippen LogP contribution in [-0.4, -0.2) is 47.6 Å². The van der Waals surface area contributed by atoms with E-state index < -0.39 is 6.10 Å². The maximum absolute atomic E-state index is 12.0. The molecule has 1 aromatic rings. The Bertz CT molecular complexity index is 611. The summed E-state index contributed by atoms with van der Waals surface area (Å²) in [6.07, 6.45) is 0.739. The third kappa shape index (κ3) is 4.60. The average molecular weight is 357 g/mol. The molecule has 0 amide bonds. The lowest BCUT2D eigenvalue weighted by Gasteiger charge is -2.41. The molecule has 3 rings (SSSR count). The van der Waals surface area contributed by atoms with Crippen LogP contribution >= 0.6 is 0 Å². The van der Waals surface area contributed by atoms with Gasteiger partial charge in [0, 0.05) is 30.1 Å². The second-order valence-corrected chi connectivity index (χ2v) is 8.14. The molecule has 2 aliphatic rings. The van der Waals surface area contributed by atoms with Crippen LogP contribution in [0.2, 0.25) is 0 Å². The van der Waals surface area contributed by atoms with Crippen molar-refractivity contribution in [2.45, 2.75) is 51.4 Å². The number of fused-ring (bicyclic) bond motifs is 4. The summed E-state index contributed by atoms with van der Waals surface area (Å²) in [5.41, 5.74) is 1.08. The van der Waals surface area contributed by atoms with Gasteiger partial charge in [-0.25, -0.2) is 0 Å². The van der Waals surface area contributed by atoms with E-state index in [-0.39, 0.29) is 23.6 Å². The van der Waals surface area contributed by atoms with E-state index in [0.29, 0.717) is 18.4 Å². The Hall–Kier alpha value is -0.880. The summed E-state index contributed by atoms with van der Waals surface area (Å²) < 4.78 is 7.64. The summed E-state index contributed by atoms with van der Waals surface area (Å²) in [7, 11) is 0. The van der Waals surface area contributed by atoms with Gasteiger partial charge in [0.25, 0.3) is 5.56 Å². The predicted molar refractivity (Wildman–Crippen MR) is 88.8 cm³/mol. The van der Waals surface area contributed by atoms with E-state index in [1.54, 1.807) is 6.07 Å². The Morgan fingerprint density at radius 3 is 2.83 bits per heavy atom. The minimum absolute atomic E-state index is 0. The van der Waals surface area contributed by atoms with Crippen LogP contribution in [0.1, 0.15) is 38.8 Å². The molecule has 0 aromatic carbocycles. The van der Waals surface area contributed by atoms with Gasteiger partial charge in [0.1, 0.15) is 12.6 Å². The lowest BCUT2D eigenvalue weighted by atomic mass is 9.83. The van der Waals surface area contributed by atoms with Gasteiger partial charge < -0.3 is 31.7 Å². The van der Waals surface area contributed by atoms with Crippen LogP contribution in [0.3, 0.4) is 0 Å². The highest BCUT2D eigenvalue weighted by Crippen LogP contribution is 2.29. The van der Waals surface area contributed by atoms with Crippen molar-refractivity contribution in [3.63, 3.8) is 0 Å². The number of ether oxygens (including phenoxy) is 1. The first-order valence-electron chi connectivity index (χ1n) is 8.67. The molecule has 2 N–H and O–H groups in total. The smallest absolute Gasteiger partial charge is 0.250 e. The topological polar surface area (TPSA) is 55.9 Å². The molecule has 0 spiro atoms. The van der Waals surface area contributed by atoms with Gasteiger partial charge in [-0.3, -0.25) is 4.79 Å². The van der Waals surface area contributed by atoms with Crippen LogP contribution in [0, 0.1) is 5.92 Å². The second-order valence-electron chi connectivity index (χ2n) is 8.14. The van der Waals surface area contributed by atoms with Crippen LogP contribution < -0.4 is 22.9 Å². The molecule has 24 heavy (non-hydrogen) atoms. The summed E-state index contributed by atoms with van der Waals surface area (Å²) in [5, 5.41) is 10.3. The molecular formula is C18H29ClN2O3. The monoisotopic (exact) mass is 356 g/mol. The minimum Gasteiger partial charge on any atom is -1.00 e. The molecule has 0 saturated carbocycles. The molecule has 3 heterocycles. The van der Waals surface area contributed by atoms with Crippen molar-refractivity contribution in [3.8, 4) is 0 Å². The Morgan fingerprint density at radius 1 is 1.38 bits per heavy atom. The fourth-order valence-electron chi connectivity index (χ4n) is 4.02. The van der Waals surface area contributed by atoms with Crippen molar-refractivity contribution >= 4 is 0 Å². The van der Waals surface area contributed by atoms with Crippen LogP contribution in [0.25, 0.3) is 0 Å². The maximum atomic E-state index is 12.0. The number of hydrogen-bond acceptors (Lipinski definition) is 3. The molecule has 1 saturated heterocycles. The molecule has 1 fully saturated rings. The van der Waals surface area contributed by atoms with Gasteiger partial charge >= 0.3 is 0 Å². The molecule has 6 heteroatoms. The fraction of sp³-hybridized carbons (Fsp3) is 0.722. The number of aliphatic hydroxyl groups is 1.